The molecular formula is C10H9Br2N5S. The first-order valence-corrected chi connectivity index (χ1v) is 7.27. The van der Waals surface area contributed by atoms with Crippen LogP contribution in [-0.4, -0.2) is 11.2 Å². The molecule has 1 aromatic heterocycles. The van der Waals surface area contributed by atoms with Crippen molar-refractivity contribution >= 4 is 66.0 Å². The molecule has 0 atom stereocenters. The van der Waals surface area contributed by atoms with Crippen molar-refractivity contribution in [1.29, 1.82) is 0 Å². The second-order valence-electron chi connectivity index (χ2n) is 3.34. The molecule has 0 saturated heterocycles. The number of thiazole rings is 1. The summed E-state index contributed by atoms with van der Waals surface area (Å²) in [6.45, 7) is 0. The summed E-state index contributed by atoms with van der Waals surface area (Å²) in [7, 11) is 0. The highest BCUT2D eigenvalue weighted by Crippen LogP contribution is 2.27. The van der Waals surface area contributed by atoms with Gasteiger partial charge < -0.3 is 11.5 Å². The van der Waals surface area contributed by atoms with Gasteiger partial charge in [-0.15, -0.1) is 11.3 Å². The smallest absolute Gasteiger partial charge is 0.205 e. The third kappa shape index (κ3) is 3.21. The average Bonchev–Trinajstić information content (AvgIpc) is 2.71. The van der Waals surface area contributed by atoms with Crippen LogP contribution >= 0.6 is 43.2 Å². The molecule has 5 nitrogen and oxygen atoms in total. The number of nitrogens with two attached hydrogens (primary N) is 2. The largest absolute Gasteiger partial charge is 0.397 e. The molecule has 0 saturated carbocycles. The van der Waals surface area contributed by atoms with Crippen LogP contribution in [0.15, 0.2) is 31.6 Å². The van der Waals surface area contributed by atoms with Crippen LogP contribution in [0.2, 0.25) is 0 Å². The Balaban J connectivity index is 2.14. The predicted octanol–water partition coefficient (Wildman–Crippen LogP) is 3.28. The number of halogens is 2. The Labute approximate surface area is 125 Å². The molecular weight excluding hydrogens is 382 g/mol. The zero-order chi connectivity index (χ0) is 13.1. The highest BCUT2D eigenvalue weighted by molar-refractivity contribution is 9.11. The summed E-state index contributed by atoms with van der Waals surface area (Å²) in [5, 5.41) is 6.44. The van der Waals surface area contributed by atoms with E-state index in [-0.39, 0.29) is 0 Å². The first kappa shape index (κ1) is 13.3. The van der Waals surface area contributed by atoms with Crippen molar-refractivity contribution in [2.24, 2.45) is 5.10 Å². The fourth-order valence-electron chi connectivity index (χ4n) is 1.21. The molecule has 8 heteroatoms. The summed E-state index contributed by atoms with van der Waals surface area (Å²) >= 11 is 8.15. The topological polar surface area (TPSA) is 89.3 Å². The quantitative estimate of drug-likeness (QED) is 0.426. The van der Waals surface area contributed by atoms with Gasteiger partial charge in [-0.3, -0.25) is 5.43 Å². The lowest BCUT2D eigenvalue weighted by molar-refractivity contribution is 1.29. The van der Waals surface area contributed by atoms with Crippen LogP contribution in [0.3, 0.4) is 0 Å². The molecule has 1 aromatic carbocycles. The maximum atomic E-state index is 5.92. The number of benzene rings is 1. The summed E-state index contributed by atoms with van der Waals surface area (Å²) in [4.78, 5) is 4.02. The maximum absolute atomic E-state index is 5.92. The van der Waals surface area contributed by atoms with Crippen molar-refractivity contribution < 1.29 is 0 Å². The molecule has 1 heterocycles. The summed E-state index contributed by atoms with van der Waals surface area (Å²) < 4.78 is 1.74. The Bertz CT molecular complexity index is 596. The Hall–Kier alpha value is -1.12. The number of anilines is 3. The molecule has 18 heavy (non-hydrogen) atoms. The number of hydrogen-bond donors (Lipinski definition) is 3. The van der Waals surface area contributed by atoms with Crippen LogP contribution in [0.4, 0.5) is 16.6 Å². The van der Waals surface area contributed by atoms with Crippen LogP contribution in [0.25, 0.3) is 0 Å². The van der Waals surface area contributed by atoms with Crippen molar-refractivity contribution in [2.45, 2.75) is 0 Å². The minimum atomic E-state index is 0.474. The minimum Gasteiger partial charge on any atom is -0.397 e. The van der Waals surface area contributed by atoms with Crippen molar-refractivity contribution in [1.82, 2.24) is 4.98 Å². The maximum Gasteiger partial charge on any atom is 0.205 e. The van der Waals surface area contributed by atoms with Gasteiger partial charge in [-0.25, -0.2) is 4.98 Å². The van der Waals surface area contributed by atoms with Crippen molar-refractivity contribution in [3.05, 3.63) is 32.0 Å². The second kappa shape index (κ2) is 5.68. The molecule has 0 unspecified atom stereocenters. The highest BCUT2D eigenvalue weighted by atomic mass is 79.9. The molecule has 5 N–H and O–H groups in total. The van der Waals surface area contributed by atoms with E-state index in [1.165, 1.54) is 11.3 Å². The summed E-state index contributed by atoms with van der Waals surface area (Å²) in [6.07, 6.45) is 1.63. The second-order valence-corrected chi connectivity index (χ2v) is 5.97. The van der Waals surface area contributed by atoms with Crippen LogP contribution < -0.4 is 16.9 Å². The number of hydrogen-bond acceptors (Lipinski definition) is 6. The fourth-order valence-corrected chi connectivity index (χ4v) is 3.01. The van der Waals surface area contributed by atoms with E-state index in [0.29, 0.717) is 16.6 Å². The van der Waals surface area contributed by atoms with Gasteiger partial charge in [0.15, 0.2) is 0 Å². The highest BCUT2D eigenvalue weighted by Gasteiger charge is 2.03. The molecule has 2 rings (SSSR count). The zero-order valence-corrected chi connectivity index (χ0v) is 13.0. The van der Waals surface area contributed by atoms with Crippen molar-refractivity contribution in [3.63, 3.8) is 0 Å². The molecule has 0 aliphatic carbocycles. The minimum absolute atomic E-state index is 0.474. The molecule has 0 aliphatic rings. The predicted molar refractivity (Wildman–Crippen MR) is 84.0 cm³/mol. The standard InChI is InChI=1S/C10H9Br2N5S/c11-6-1-5(9(14)7(12)2-6)3-15-17-10-16-8(13)4-18-10/h1-4H,13-14H2,(H,16,17). The fraction of sp³-hybridized carbons (Fsp3) is 0. The van der Waals surface area contributed by atoms with Crippen LogP contribution in [0.5, 0.6) is 0 Å². The first-order valence-electron chi connectivity index (χ1n) is 4.81. The van der Waals surface area contributed by atoms with E-state index >= 15 is 0 Å². The van der Waals surface area contributed by atoms with E-state index in [1.807, 2.05) is 12.1 Å². The van der Waals surface area contributed by atoms with Gasteiger partial charge in [0, 0.05) is 19.9 Å². The van der Waals surface area contributed by atoms with Gasteiger partial charge in [0.05, 0.1) is 11.9 Å². The molecule has 0 bridgehead atoms. The lowest BCUT2D eigenvalue weighted by atomic mass is 10.2. The molecule has 0 fully saturated rings. The Morgan fingerprint density at radius 1 is 1.33 bits per heavy atom. The van der Waals surface area contributed by atoms with Crippen LogP contribution in [0, 0.1) is 0 Å². The van der Waals surface area contributed by atoms with Crippen molar-refractivity contribution in [3.8, 4) is 0 Å². The number of nitrogens with zero attached hydrogens (tertiary/aromatic N) is 2. The summed E-state index contributed by atoms with van der Waals surface area (Å²) in [5.74, 6) is 0.474. The molecule has 0 aliphatic heterocycles. The molecule has 0 amide bonds. The van der Waals surface area contributed by atoms with Gasteiger partial charge >= 0.3 is 0 Å². The van der Waals surface area contributed by atoms with E-state index < -0.39 is 0 Å². The van der Waals surface area contributed by atoms with Crippen molar-refractivity contribution in [2.75, 3.05) is 16.9 Å². The number of rotatable bonds is 3. The van der Waals surface area contributed by atoms with Gasteiger partial charge in [0.1, 0.15) is 5.82 Å². The number of nitrogen functional groups attached to an aromatic ring is 2. The first-order chi connectivity index (χ1) is 8.56. The molecule has 0 spiro atoms. The van der Waals surface area contributed by atoms with E-state index in [9.17, 15) is 0 Å². The van der Waals surface area contributed by atoms with Crippen LogP contribution in [-0.2, 0) is 0 Å². The van der Waals surface area contributed by atoms with Gasteiger partial charge in [0.2, 0.25) is 5.13 Å². The third-order valence-corrected chi connectivity index (χ3v) is 3.89. The lowest BCUT2D eigenvalue weighted by Gasteiger charge is -2.03. The Kier molecular flexibility index (Phi) is 4.20. The summed E-state index contributed by atoms with van der Waals surface area (Å²) in [6, 6.07) is 3.75. The Morgan fingerprint density at radius 3 is 2.78 bits per heavy atom. The lowest BCUT2D eigenvalue weighted by Crippen LogP contribution is -1.97. The van der Waals surface area contributed by atoms with Gasteiger partial charge in [-0.05, 0) is 28.1 Å². The average molecular weight is 391 g/mol. The van der Waals surface area contributed by atoms with Gasteiger partial charge in [0.25, 0.3) is 0 Å². The number of nitrogens with one attached hydrogen (secondary N) is 1. The molecule has 2 aromatic rings. The van der Waals surface area contributed by atoms with Gasteiger partial charge in [-0.1, -0.05) is 15.9 Å². The Morgan fingerprint density at radius 2 is 2.11 bits per heavy atom. The van der Waals surface area contributed by atoms with E-state index in [2.05, 4.69) is 47.4 Å². The van der Waals surface area contributed by atoms with E-state index in [0.717, 1.165) is 14.5 Å². The van der Waals surface area contributed by atoms with Crippen LogP contribution in [0.1, 0.15) is 5.56 Å². The van der Waals surface area contributed by atoms with Gasteiger partial charge in [-0.2, -0.15) is 5.10 Å². The zero-order valence-electron chi connectivity index (χ0n) is 9.02. The number of hydrazone groups is 1. The third-order valence-electron chi connectivity index (χ3n) is 2.01. The summed E-state index contributed by atoms with van der Waals surface area (Å²) in [5.41, 5.74) is 15.6. The molecule has 0 radical (unpaired) electrons. The normalized spacial score (nSPS) is 11.0. The van der Waals surface area contributed by atoms with E-state index in [1.54, 1.807) is 11.6 Å². The number of aromatic nitrogens is 1. The monoisotopic (exact) mass is 389 g/mol. The molecule has 94 valence electrons. The van der Waals surface area contributed by atoms with E-state index in [4.69, 9.17) is 11.5 Å². The SMILES string of the molecule is Nc1csc(NN=Cc2cc(Br)cc(Br)c2N)n1.